The van der Waals surface area contributed by atoms with Gasteiger partial charge in [0.15, 0.2) is 12.4 Å². The highest BCUT2D eigenvalue weighted by Gasteiger charge is 2.56. The maximum atomic E-state index is 12.6. The van der Waals surface area contributed by atoms with Crippen LogP contribution in [0.15, 0.2) is 0 Å². The Morgan fingerprint density at radius 1 is 0.805 bits per heavy atom. The average molecular weight is 595 g/mol. The third-order valence-corrected chi connectivity index (χ3v) is 7.49. The summed E-state index contributed by atoms with van der Waals surface area (Å²) in [6.07, 6.45) is -3.86. The molecule has 0 aromatic carbocycles. The van der Waals surface area contributed by atoms with E-state index in [9.17, 15) is 40.2 Å². The Labute approximate surface area is 241 Å². The van der Waals surface area contributed by atoms with Crippen LogP contribution in [0, 0.1) is 0 Å². The maximum Gasteiger partial charge on any atom is 0.306 e. The van der Waals surface area contributed by atoms with E-state index in [1.165, 1.54) is 0 Å². The minimum Gasteiger partial charge on any atom is -0.463 e. The number of unbranched alkanes of at least 4 members (excludes halogenated alkanes) is 8. The zero-order valence-electron chi connectivity index (χ0n) is 24.3. The fourth-order valence-electron chi connectivity index (χ4n) is 4.84. The molecule has 0 aromatic heterocycles. The summed E-state index contributed by atoms with van der Waals surface area (Å²) in [7, 11) is 0. The zero-order chi connectivity index (χ0) is 30.4. The molecule has 0 radical (unpaired) electrons. The number of aliphatic hydroxyl groups excluding tert-OH is 6. The molecule has 0 unspecified atom stereocenters. The van der Waals surface area contributed by atoms with Crippen molar-refractivity contribution in [2.24, 2.45) is 0 Å². The van der Waals surface area contributed by atoms with Crippen molar-refractivity contribution in [3.05, 3.63) is 0 Å². The lowest BCUT2D eigenvalue weighted by atomic mass is 9.96. The molecule has 0 bridgehead atoms. The van der Waals surface area contributed by atoms with Crippen LogP contribution in [-0.4, -0.2) is 117 Å². The molecule has 13 nitrogen and oxygen atoms in total. The van der Waals surface area contributed by atoms with Gasteiger partial charge in [-0.1, -0.05) is 65.2 Å². The van der Waals surface area contributed by atoms with Crippen LogP contribution >= 0.6 is 0 Å². The van der Waals surface area contributed by atoms with Gasteiger partial charge < -0.3 is 54.3 Å². The molecule has 240 valence electrons. The number of carbonyl (C=O) groups is 2. The van der Waals surface area contributed by atoms with E-state index >= 15 is 0 Å². The number of rotatable bonds is 18. The van der Waals surface area contributed by atoms with Gasteiger partial charge in [-0.2, -0.15) is 0 Å². The number of aliphatic hydroxyl groups is 6. The van der Waals surface area contributed by atoms with Gasteiger partial charge >= 0.3 is 11.9 Å². The Kier molecular flexibility index (Phi) is 16.0. The standard InChI is InChI=1S/C28H50O13/c1-3-5-7-9-11-13-20(31)37-16-19-25(40-21(32)14-12-10-8-6-4-2)23(34)24(35)27(39-19)41-28(17-29)26(36)22(33)18(30)15-38-28/h18-19,22-27,29-30,33-36H,3-17H2,1-2H3/t18-,19-,22-,23-,24-,25-,26+,27-,28+/m1/s1. The van der Waals surface area contributed by atoms with Crippen molar-refractivity contribution >= 4 is 11.9 Å². The molecule has 2 aliphatic heterocycles. The molecule has 0 saturated carbocycles. The van der Waals surface area contributed by atoms with Crippen molar-refractivity contribution in [2.75, 3.05) is 19.8 Å². The lowest BCUT2D eigenvalue weighted by Gasteiger charge is -2.48. The summed E-state index contributed by atoms with van der Waals surface area (Å²) in [4.78, 5) is 24.9. The van der Waals surface area contributed by atoms with Gasteiger partial charge in [0.05, 0.1) is 6.61 Å². The van der Waals surface area contributed by atoms with Gasteiger partial charge in [-0.05, 0) is 12.8 Å². The summed E-state index contributed by atoms with van der Waals surface area (Å²) in [5, 5.41) is 62.0. The predicted octanol–water partition coefficient (Wildman–Crippen LogP) is 0.427. The maximum absolute atomic E-state index is 12.6. The zero-order valence-corrected chi connectivity index (χ0v) is 24.3. The first-order valence-electron chi connectivity index (χ1n) is 14.9. The molecule has 0 amide bonds. The summed E-state index contributed by atoms with van der Waals surface area (Å²) >= 11 is 0. The Hall–Kier alpha value is -1.42. The molecule has 2 heterocycles. The third kappa shape index (κ3) is 10.7. The summed E-state index contributed by atoms with van der Waals surface area (Å²) in [5.41, 5.74) is 0. The van der Waals surface area contributed by atoms with Crippen LogP contribution in [0.5, 0.6) is 0 Å². The molecule has 41 heavy (non-hydrogen) atoms. The van der Waals surface area contributed by atoms with E-state index in [2.05, 4.69) is 13.8 Å². The molecule has 6 N–H and O–H groups in total. The quantitative estimate of drug-likeness (QED) is 0.0943. The Morgan fingerprint density at radius 3 is 1.98 bits per heavy atom. The third-order valence-electron chi connectivity index (χ3n) is 7.49. The van der Waals surface area contributed by atoms with E-state index in [0.29, 0.717) is 12.8 Å². The number of hydrogen-bond donors (Lipinski definition) is 6. The summed E-state index contributed by atoms with van der Waals surface area (Å²) < 4.78 is 27.4. The summed E-state index contributed by atoms with van der Waals surface area (Å²) in [6, 6.07) is 0. The normalized spacial score (nSPS) is 33.9. The Balaban J connectivity index is 2.10. The predicted molar refractivity (Wildman–Crippen MR) is 143 cm³/mol. The van der Waals surface area contributed by atoms with E-state index < -0.39 is 86.6 Å². The first-order valence-corrected chi connectivity index (χ1v) is 14.9. The van der Waals surface area contributed by atoms with E-state index in [1.54, 1.807) is 0 Å². The van der Waals surface area contributed by atoms with Crippen molar-refractivity contribution in [3.8, 4) is 0 Å². The molecule has 2 saturated heterocycles. The van der Waals surface area contributed by atoms with Gasteiger partial charge in [-0.15, -0.1) is 0 Å². The number of carbonyl (C=O) groups excluding carboxylic acids is 2. The van der Waals surface area contributed by atoms with Gasteiger partial charge in [-0.25, -0.2) is 0 Å². The summed E-state index contributed by atoms with van der Waals surface area (Å²) in [6.45, 7) is 2.21. The molecule has 9 atom stereocenters. The van der Waals surface area contributed by atoms with Crippen LogP contribution in [0.4, 0.5) is 0 Å². The van der Waals surface area contributed by atoms with Crippen LogP contribution in [-0.2, 0) is 33.3 Å². The smallest absolute Gasteiger partial charge is 0.306 e. The monoisotopic (exact) mass is 594 g/mol. The van der Waals surface area contributed by atoms with E-state index in [0.717, 1.165) is 51.4 Å². The fraction of sp³-hybridized carbons (Fsp3) is 0.929. The largest absolute Gasteiger partial charge is 0.463 e. The van der Waals surface area contributed by atoms with E-state index in [4.69, 9.17) is 23.7 Å². The van der Waals surface area contributed by atoms with Crippen molar-refractivity contribution in [3.63, 3.8) is 0 Å². The average Bonchev–Trinajstić information content (AvgIpc) is 2.96. The second-order valence-electron chi connectivity index (χ2n) is 10.9. The van der Waals surface area contributed by atoms with Crippen molar-refractivity contribution in [1.29, 1.82) is 0 Å². The highest BCUT2D eigenvalue weighted by Crippen LogP contribution is 2.33. The minimum atomic E-state index is -2.31. The fourth-order valence-corrected chi connectivity index (χ4v) is 4.84. The van der Waals surface area contributed by atoms with E-state index in [-0.39, 0.29) is 12.8 Å². The van der Waals surface area contributed by atoms with Crippen LogP contribution in [0.1, 0.15) is 90.9 Å². The SMILES string of the molecule is CCCCCCCC(=O)OC[C@H]1O[C@H](O[C@]2(CO)OC[C@@H](O)[C@@H](O)[C@@H]2O)[C@H](O)[C@@H](O)[C@@H]1OC(=O)CCCCCCC. The van der Waals surface area contributed by atoms with Gasteiger partial charge in [-0.3, -0.25) is 9.59 Å². The van der Waals surface area contributed by atoms with Gasteiger partial charge in [0.2, 0.25) is 5.79 Å². The molecule has 0 aliphatic carbocycles. The van der Waals surface area contributed by atoms with E-state index in [1.807, 2.05) is 0 Å². The molecular weight excluding hydrogens is 544 g/mol. The van der Waals surface area contributed by atoms with Gasteiger partial charge in [0.25, 0.3) is 0 Å². The molecule has 2 fully saturated rings. The van der Waals surface area contributed by atoms with Crippen LogP contribution in [0.2, 0.25) is 0 Å². The molecule has 0 spiro atoms. The van der Waals surface area contributed by atoms with Crippen LogP contribution in [0.25, 0.3) is 0 Å². The summed E-state index contributed by atoms with van der Waals surface area (Å²) in [5.74, 6) is -3.45. The highest BCUT2D eigenvalue weighted by molar-refractivity contribution is 5.70. The van der Waals surface area contributed by atoms with Crippen LogP contribution in [0.3, 0.4) is 0 Å². The van der Waals surface area contributed by atoms with Crippen LogP contribution < -0.4 is 0 Å². The number of hydrogen-bond acceptors (Lipinski definition) is 13. The number of ether oxygens (including phenoxy) is 5. The molecule has 0 aromatic rings. The van der Waals surface area contributed by atoms with Gasteiger partial charge in [0.1, 0.15) is 49.8 Å². The van der Waals surface area contributed by atoms with Crippen molar-refractivity contribution in [1.82, 2.24) is 0 Å². The molecule has 2 rings (SSSR count). The first-order chi connectivity index (χ1) is 19.6. The first kappa shape index (κ1) is 35.8. The second-order valence-corrected chi connectivity index (χ2v) is 10.9. The molecule has 13 heteroatoms. The van der Waals surface area contributed by atoms with Crippen molar-refractivity contribution < 1.29 is 63.9 Å². The number of esters is 2. The lowest BCUT2D eigenvalue weighted by molar-refractivity contribution is -0.415. The Morgan fingerprint density at radius 2 is 1.39 bits per heavy atom. The minimum absolute atomic E-state index is 0.0844. The molecule has 2 aliphatic rings. The van der Waals surface area contributed by atoms with Crippen molar-refractivity contribution in [2.45, 2.75) is 146 Å². The lowest BCUT2D eigenvalue weighted by Crippen LogP contribution is -2.68. The molecular formula is C28H50O13. The van der Waals surface area contributed by atoms with Gasteiger partial charge in [0, 0.05) is 12.8 Å². The highest BCUT2D eigenvalue weighted by atomic mass is 16.8. The topological polar surface area (TPSA) is 202 Å². The Bertz CT molecular complexity index is 767. The second kappa shape index (κ2) is 18.3.